The number of anilines is 1. The first-order chi connectivity index (χ1) is 13.3. The first kappa shape index (κ1) is 18.3. The molecule has 0 saturated carbocycles. The van der Waals surface area contributed by atoms with E-state index in [0.717, 1.165) is 22.3 Å². The smallest absolute Gasteiger partial charge is 0.252 e. The average Bonchev–Trinajstić information content (AvgIpc) is 3.22. The highest BCUT2D eigenvalue weighted by Crippen LogP contribution is 2.43. The van der Waals surface area contributed by atoms with E-state index in [2.05, 4.69) is 10.3 Å². The normalized spacial score (nSPS) is 20.0. The van der Waals surface area contributed by atoms with E-state index in [1.165, 1.54) is 0 Å². The Balaban J connectivity index is 1.93. The van der Waals surface area contributed by atoms with Gasteiger partial charge in [0.05, 0.1) is 5.69 Å². The van der Waals surface area contributed by atoms with Gasteiger partial charge in [-0.15, -0.1) is 0 Å². The van der Waals surface area contributed by atoms with E-state index in [-0.39, 0.29) is 11.8 Å². The first-order valence-electron chi connectivity index (χ1n) is 9.60. The van der Waals surface area contributed by atoms with Gasteiger partial charge < -0.3 is 10.3 Å². The van der Waals surface area contributed by atoms with Crippen LogP contribution in [0.3, 0.4) is 0 Å². The van der Waals surface area contributed by atoms with Gasteiger partial charge in [-0.1, -0.05) is 36.4 Å². The van der Waals surface area contributed by atoms with E-state index < -0.39 is 11.1 Å². The lowest BCUT2D eigenvalue weighted by Gasteiger charge is -2.38. The van der Waals surface area contributed by atoms with Gasteiger partial charge in [-0.05, 0) is 56.8 Å². The Morgan fingerprint density at radius 3 is 2.43 bits per heavy atom. The third-order valence-electron chi connectivity index (χ3n) is 5.19. The molecule has 4 rings (SSSR count). The summed E-state index contributed by atoms with van der Waals surface area (Å²) in [5.74, 6) is -0.213. The summed E-state index contributed by atoms with van der Waals surface area (Å²) < 4.78 is 0. The molecular weight excluding hydrogens is 350 g/mol. The number of aromatic nitrogens is 1. The number of benzene rings is 2. The molecule has 0 bridgehead atoms. The van der Waals surface area contributed by atoms with Crippen LogP contribution in [0.4, 0.5) is 5.69 Å². The van der Waals surface area contributed by atoms with Crippen LogP contribution in [0.25, 0.3) is 10.9 Å². The zero-order valence-electron chi connectivity index (χ0n) is 16.5. The maximum absolute atomic E-state index is 13.7. The number of carbonyl (C=O) groups is 2. The van der Waals surface area contributed by atoms with E-state index in [4.69, 9.17) is 0 Å². The zero-order valence-corrected chi connectivity index (χ0v) is 16.5. The van der Waals surface area contributed by atoms with Gasteiger partial charge in [0.25, 0.3) is 5.91 Å². The molecule has 2 amide bonds. The van der Waals surface area contributed by atoms with E-state index in [1.54, 1.807) is 4.90 Å². The fourth-order valence-corrected chi connectivity index (χ4v) is 4.00. The van der Waals surface area contributed by atoms with Crippen LogP contribution >= 0.6 is 0 Å². The Kier molecular flexibility index (Phi) is 4.26. The molecule has 144 valence electrons. The number of amides is 2. The van der Waals surface area contributed by atoms with Crippen LogP contribution < -0.4 is 10.2 Å². The molecule has 2 heterocycles. The van der Waals surface area contributed by atoms with Gasteiger partial charge in [0.2, 0.25) is 5.91 Å². The van der Waals surface area contributed by atoms with Crippen molar-refractivity contribution in [2.75, 3.05) is 4.90 Å². The van der Waals surface area contributed by atoms with Gasteiger partial charge in [0.15, 0.2) is 5.54 Å². The molecule has 2 aromatic carbocycles. The SMILES string of the molecule is CC(C)(C)NC(=O)C1(c2cc3ccccc3[nH]2)CCC(=O)N1c1ccccc1. The molecule has 1 aliphatic heterocycles. The lowest BCUT2D eigenvalue weighted by molar-refractivity contribution is -0.129. The lowest BCUT2D eigenvalue weighted by atomic mass is 9.89. The molecule has 1 aliphatic rings. The molecule has 1 atom stereocenters. The Morgan fingerprint density at radius 2 is 1.75 bits per heavy atom. The second kappa shape index (κ2) is 6.51. The molecule has 1 saturated heterocycles. The molecule has 2 N–H and O–H groups in total. The fourth-order valence-electron chi connectivity index (χ4n) is 4.00. The highest BCUT2D eigenvalue weighted by Gasteiger charge is 2.54. The van der Waals surface area contributed by atoms with Crippen molar-refractivity contribution in [1.82, 2.24) is 10.3 Å². The molecule has 28 heavy (non-hydrogen) atoms. The monoisotopic (exact) mass is 375 g/mol. The van der Waals surface area contributed by atoms with Crippen LogP contribution in [0.5, 0.6) is 0 Å². The fraction of sp³-hybridized carbons (Fsp3) is 0.304. The number of carbonyl (C=O) groups excluding carboxylic acids is 2. The van der Waals surface area contributed by atoms with Crippen molar-refractivity contribution in [3.05, 3.63) is 66.4 Å². The minimum Gasteiger partial charge on any atom is -0.356 e. The Morgan fingerprint density at radius 1 is 1.07 bits per heavy atom. The maximum atomic E-state index is 13.7. The van der Waals surface area contributed by atoms with E-state index in [9.17, 15) is 9.59 Å². The van der Waals surface area contributed by atoms with Gasteiger partial charge in [-0.2, -0.15) is 0 Å². The average molecular weight is 375 g/mol. The topological polar surface area (TPSA) is 65.2 Å². The molecule has 0 spiro atoms. The molecule has 1 aromatic heterocycles. The predicted octanol–water partition coefficient (Wildman–Crippen LogP) is 4.10. The van der Waals surface area contributed by atoms with Crippen molar-refractivity contribution in [3.8, 4) is 0 Å². The molecule has 0 radical (unpaired) electrons. The van der Waals surface area contributed by atoms with Crippen LogP contribution in [0.15, 0.2) is 60.7 Å². The lowest BCUT2D eigenvalue weighted by Crippen LogP contribution is -2.58. The second-order valence-electron chi connectivity index (χ2n) is 8.40. The van der Waals surface area contributed by atoms with Crippen molar-refractivity contribution in [3.63, 3.8) is 0 Å². The van der Waals surface area contributed by atoms with Crippen LogP contribution in [-0.2, 0) is 15.1 Å². The number of aromatic amines is 1. The Bertz CT molecular complexity index is 1000. The molecule has 5 heteroatoms. The van der Waals surface area contributed by atoms with Crippen LogP contribution in [0.1, 0.15) is 39.3 Å². The van der Waals surface area contributed by atoms with Crippen molar-refractivity contribution in [2.24, 2.45) is 0 Å². The number of nitrogens with one attached hydrogen (secondary N) is 2. The standard InChI is InChI=1S/C23H25N3O2/c1-22(2,3)25-21(28)23(19-15-16-9-7-8-12-18(16)24-19)14-13-20(27)26(23)17-10-5-4-6-11-17/h4-12,15,24H,13-14H2,1-3H3,(H,25,28). The van der Waals surface area contributed by atoms with Crippen molar-refractivity contribution in [2.45, 2.75) is 44.7 Å². The molecule has 0 aliphatic carbocycles. The number of H-pyrrole nitrogens is 1. The van der Waals surface area contributed by atoms with Gasteiger partial charge >= 0.3 is 0 Å². The highest BCUT2D eigenvalue weighted by molar-refractivity contribution is 6.07. The van der Waals surface area contributed by atoms with Gasteiger partial charge in [-0.3, -0.25) is 14.5 Å². The van der Waals surface area contributed by atoms with Crippen molar-refractivity contribution >= 4 is 28.4 Å². The van der Waals surface area contributed by atoms with E-state index in [0.29, 0.717) is 12.8 Å². The molecule has 3 aromatic rings. The van der Waals surface area contributed by atoms with Gasteiger partial charge in [0.1, 0.15) is 0 Å². The summed E-state index contributed by atoms with van der Waals surface area (Å²) in [5, 5.41) is 4.13. The predicted molar refractivity (Wildman–Crippen MR) is 111 cm³/mol. The van der Waals surface area contributed by atoms with Crippen LogP contribution in [-0.4, -0.2) is 22.3 Å². The van der Waals surface area contributed by atoms with Crippen LogP contribution in [0, 0.1) is 0 Å². The minimum atomic E-state index is -1.11. The molecular formula is C23H25N3O2. The molecule has 1 fully saturated rings. The maximum Gasteiger partial charge on any atom is 0.252 e. The third-order valence-corrected chi connectivity index (χ3v) is 5.19. The summed E-state index contributed by atoms with van der Waals surface area (Å²) >= 11 is 0. The zero-order chi connectivity index (χ0) is 19.9. The number of hydrogen-bond acceptors (Lipinski definition) is 2. The number of fused-ring (bicyclic) bond motifs is 1. The summed E-state index contributed by atoms with van der Waals surface area (Å²) in [6.45, 7) is 5.86. The number of para-hydroxylation sites is 2. The summed E-state index contributed by atoms with van der Waals surface area (Å²) in [4.78, 5) is 31.7. The quantitative estimate of drug-likeness (QED) is 0.724. The first-order valence-corrected chi connectivity index (χ1v) is 9.60. The summed E-state index contributed by atoms with van der Waals surface area (Å²) in [7, 11) is 0. The second-order valence-corrected chi connectivity index (χ2v) is 8.40. The largest absolute Gasteiger partial charge is 0.356 e. The third kappa shape index (κ3) is 2.97. The Labute approximate surface area is 164 Å². The molecule has 5 nitrogen and oxygen atoms in total. The summed E-state index contributed by atoms with van der Waals surface area (Å²) in [6.07, 6.45) is 0.747. The van der Waals surface area contributed by atoms with Gasteiger partial charge in [-0.25, -0.2) is 0 Å². The van der Waals surface area contributed by atoms with E-state index >= 15 is 0 Å². The highest BCUT2D eigenvalue weighted by atomic mass is 16.2. The number of hydrogen-bond donors (Lipinski definition) is 2. The molecule has 1 unspecified atom stereocenters. The minimum absolute atomic E-state index is 0.0473. The Hall–Kier alpha value is -3.08. The van der Waals surface area contributed by atoms with E-state index in [1.807, 2.05) is 81.4 Å². The van der Waals surface area contributed by atoms with Crippen molar-refractivity contribution < 1.29 is 9.59 Å². The van der Waals surface area contributed by atoms with Crippen LogP contribution in [0.2, 0.25) is 0 Å². The summed E-state index contributed by atoms with van der Waals surface area (Å²) in [5.41, 5.74) is 0.903. The number of nitrogens with zero attached hydrogens (tertiary/aromatic N) is 1. The number of rotatable bonds is 3. The van der Waals surface area contributed by atoms with Gasteiger partial charge in [0, 0.05) is 23.2 Å². The van der Waals surface area contributed by atoms with Crippen molar-refractivity contribution in [1.29, 1.82) is 0 Å². The summed E-state index contributed by atoms with van der Waals surface area (Å²) in [6, 6.07) is 19.4.